The number of halogens is 1. The molecule has 0 spiro atoms. The monoisotopic (exact) mass is 364 g/mol. The minimum Gasteiger partial charge on any atom is -0.355 e. The van der Waals surface area contributed by atoms with Crippen molar-refractivity contribution in [1.29, 1.82) is 0 Å². The molecular formula is C15H29ClN4O2S. The highest BCUT2D eigenvalue weighted by molar-refractivity contribution is 8.00. The van der Waals surface area contributed by atoms with E-state index in [-0.39, 0.29) is 30.4 Å². The third kappa shape index (κ3) is 6.77. The van der Waals surface area contributed by atoms with Crippen molar-refractivity contribution in [2.45, 2.75) is 56.4 Å². The summed E-state index contributed by atoms with van der Waals surface area (Å²) >= 11 is 1.93. The van der Waals surface area contributed by atoms with Crippen LogP contribution in [0.1, 0.15) is 39.0 Å². The molecule has 3 amide bonds. The number of rotatable bonds is 10. The van der Waals surface area contributed by atoms with Crippen molar-refractivity contribution in [3.63, 3.8) is 0 Å². The number of amides is 3. The molecular weight excluding hydrogens is 336 g/mol. The molecule has 23 heavy (non-hydrogen) atoms. The van der Waals surface area contributed by atoms with Gasteiger partial charge in [-0.2, -0.15) is 11.8 Å². The molecule has 3 atom stereocenters. The highest BCUT2D eigenvalue weighted by atomic mass is 35.5. The van der Waals surface area contributed by atoms with Crippen LogP contribution in [0.15, 0.2) is 0 Å². The zero-order chi connectivity index (χ0) is 15.8. The molecule has 2 rings (SSSR count). The first-order valence-electron chi connectivity index (χ1n) is 8.36. The van der Waals surface area contributed by atoms with Crippen LogP contribution in [-0.2, 0) is 4.79 Å². The van der Waals surface area contributed by atoms with Crippen LogP contribution in [0.3, 0.4) is 0 Å². The second-order valence-electron chi connectivity index (χ2n) is 5.97. The summed E-state index contributed by atoms with van der Waals surface area (Å²) in [4.78, 5) is 23.0. The molecule has 3 unspecified atom stereocenters. The summed E-state index contributed by atoms with van der Waals surface area (Å²) in [5.41, 5.74) is 0. The molecule has 2 saturated heterocycles. The fourth-order valence-electron chi connectivity index (χ4n) is 2.95. The number of hydrogen-bond donors (Lipinski definition) is 4. The van der Waals surface area contributed by atoms with Crippen LogP contribution in [0, 0.1) is 0 Å². The molecule has 0 aromatic heterocycles. The van der Waals surface area contributed by atoms with Crippen LogP contribution < -0.4 is 21.3 Å². The third-order valence-corrected chi connectivity index (χ3v) is 5.64. The molecule has 0 bridgehead atoms. The minimum atomic E-state index is -0.0311. The maximum atomic E-state index is 11.7. The predicted molar refractivity (Wildman–Crippen MR) is 97.4 cm³/mol. The number of urea groups is 1. The van der Waals surface area contributed by atoms with Crippen molar-refractivity contribution in [1.82, 2.24) is 21.3 Å². The van der Waals surface area contributed by atoms with E-state index in [1.54, 1.807) is 0 Å². The first-order valence-corrected chi connectivity index (χ1v) is 9.41. The van der Waals surface area contributed by atoms with E-state index in [0.717, 1.165) is 44.5 Å². The van der Waals surface area contributed by atoms with Gasteiger partial charge in [0.1, 0.15) is 0 Å². The molecule has 0 aromatic rings. The quantitative estimate of drug-likeness (QED) is 0.347. The van der Waals surface area contributed by atoms with Crippen LogP contribution in [0.4, 0.5) is 4.79 Å². The van der Waals surface area contributed by atoms with Crippen LogP contribution in [0.2, 0.25) is 0 Å². The van der Waals surface area contributed by atoms with Gasteiger partial charge in [0.25, 0.3) is 0 Å². The summed E-state index contributed by atoms with van der Waals surface area (Å²) in [6.45, 7) is 4.68. The lowest BCUT2D eigenvalue weighted by molar-refractivity contribution is -0.121. The number of carbonyl (C=O) groups is 2. The Morgan fingerprint density at radius 1 is 1.26 bits per heavy atom. The van der Waals surface area contributed by atoms with Crippen molar-refractivity contribution in [2.75, 3.05) is 25.4 Å². The topological polar surface area (TPSA) is 82.3 Å². The van der Waals surface area contributed by atoms with Crippen LogP contribution >= 0.6 is 24.2 Å². The zero-order valence-corrected chi connectivity index (χ0v) is 15.4. The van der Waals surface area contributed by atoms with Gasteiger partial charge in [0, 0.05) is 30.5 Å². The lowest BCUT2D eigenvalue weighted by atomic mass is 10.0. The van der Waals surface area contributed by atoms with Crippen LogP contribution in [0.25, 0.3) is 0 Å². The summed E-state index contributed by atoms with van der Waals surface area (Å²) < 4.78 is 0. The van der Waals surface area contributed by atoms with Crippen LogP contribution in [-0.4, -0.2) is 54.7 Å². The Labute approximate surface area is 149 Å². The smallest absolute Gasteiger partial charge is 0.315 e. The number of carbonyl (C=O) groups excluding carboxylic acids is 2. The number of thioether (sulfide) groups is 1. The van der Waals surface area contributed by atoms with E-state index in [9.17, 15) is 9.59 Å². The number of hydrogen-bond acceptors (Lipinski definition) is 4. The first kappa shape index (κ1) is 20.4. The lowest BCUT2D eigenvalue weighted by Crippen LogP contribution is -2.36. The van der Waals surface area contributed by atoms with Gasteiger partial charge in [-0.15, -0.1) is 12.4 Å². The van der Waals surface area contributed by atoms with Gasteiger partial charge in [0.15, 0.2) is 0 Å². The molecule has 2 aliphatic rings. The standard InChI is InChI=1S/C15H28N4O2S.ClH/c1-2-7-16-8-9-17-13(20)6-4-3-5-12-14-11(10-22-12)18-15(21)19-14;/h11-12,14,16H,2-10H2,1H3,(H,17,20)(H2,18,19,21);1H. The van der Waals surface area contributed by atoms with E-state index in [2.05, 4.69) is 28.2 Å². The summed E-state index contributed by atoms with van der Waals surface area (Å²) in [6, 6.07) is 0.536. The van der Waals surface area contributed by atoms with Crippen molar-refractivity contribution < 1.29 is 9.59 Å². The van der Waals surface area contributed by atoms with Gasteiger partial charge < -0.3 is 21.3 Å². The molecule has 0 radical (unpaired) electrons. The van der Waals surface area contributed by atoms with E-state index in [0.29, 0.717) is 24.3 Å². The number of unbranched alkanes of at least 4 members (excludes halogenated alkanes) is 1. The Morgan fingerprint density at radius 2 is 2.09 bits per heavy atom. The summed E-state index contributed by atoms with van der Waals surface area (Å²) in [6.07, 6.45) is 4.75. The Hall–Kier alpha value is -0.660. The third-order valence-electron chi connectivity index (χ3n) is 4.13. The predicted octanol–water partition coefficient (Wildman–Crippen LogP) is 1.25. The SMILES string of the molecule is CCCNCCNC(=O)CCCCC1SCC2NC(=O)NC21.Cl. The highest BCUT2D eigenvalue weighted by Crippen LogP contribution is 2.33. The molecule has 2 aliphatic heterocycles. The highest BCUT2D eigenvalue weighted by Gasteiger charge is 2.42. The number of nitrogens with one attached hydrogen (secondary N) is 4. The molecule has 0 aromatic carbocycles. The van der Waals surface area contributed by atoms with E-state index < -0.39 is 0 Å². The minimum absolute atomic E-state index is 0. The molecule has 2 fully saturated rings. The average molecular weight is 365 g/mol. The maximum absolute atomic E-state index is 11.7. The van der Waals surface area contributed by atoms with Crippen molar-refractivity contribution in [2.24, 2.45) is 0 Å². The van der Waals surface area contributed by atoms with E-state index >= 15 is 0 Å². The average Bonchev–Trinajstić information content (AvgIpc) is 3.03. The van der Waals surface area contributed by atoms with Gasteiger partial charge in [-0.3, -0.25) is 4.79 Å². The molecule has 0 aliphatic carbocycles. The van der Waals surface area contributed by atoms with Crippen molar-refractivity contribution in [3.8, 4) is 0 Å². The van der Waals surface area contributed by atoms with Gasteiger partial charge in [0.2, 0.25) is 5.91 Å². The van der Waals surface area contributed by atoms with E-state index in [4.69, 9.17) is 0 Å². The molecule has 4 N–H and O–H groups in total. The number of fused-ring (bicyclic) bond motifs is 1. The Balaban J connectivity index is 0.00000264. The Kier molecular flexibility index (Phi) is 9.74. The Bertz CT molecular complexity index is 386. The molecule has 6 nitrogen and oxygen atoms in total. The summed E-state index contributed by atoms with van der Waals surface area (Å²) in [5, 5.41) is 12.6. The molecule has 134 valence electrons. The Morgan fingerprint density at radius 3 is 2.87 bits per heavy atom. The van der Waals surface area contributed by atoms with E-state index in [1.807, 2.05) is 11.8 Å². The van der Waals surface area contributed by atoms with Crippen molar-refractivity contribution in [3.05, 3.63) is 0 Å². The van der Waals surface area contributed by atoms with Gasteiger partial charge in [0.05, 0.1) is 12.1 Å². The van der Waals surface area contributed by atoms with Gasteiger partial charge in [-0.1, -0.05) is 13.3 Å². The fourth-order valence-corrected chi connectivity index (χ4v) is 4.50. The first-order chi connectivity index (χ1) is 10.7. The second-order valence-corrected chi connectivity index (χ2v) is 7.24. The van der Waals surface area contributed by atoms with Gasteiger partial charge in [-0.05, 0) is 25.8 Å². The maximum Gasteiger partial charge on any atom is 0.315 e. The van der Waals surface area contributed by atoms with Crippen molar-refractivity contribution >= 4 is 36.1 Å². The van der Waals surface area contributed by atoms with Gasteiger partial charge >= 0.3 is 6.03 Å². The summed E-state index contributed by atoms with van der Waals surface area (Å²) in [7, 11) is 0. The fraction of sp³-hybridized carbons (Fsp3) is 0.867. The van der Waals surface area contributed by atoms with E-state index in [1.165, 1.54) is 0 Å². The van der Waals surface area contributed by atoms with Crippen LogP contribution in [0.5, 0.6) is 0 Å². The second kappa shape index (κ2) is 11.0. The van der Waals surface area contributed by atoms with Gasteiger partial charge in [-0.25, -0.2) is 4.79 Å². The summed E-state index contributed by atoms with van der Waals surface area (Å²) in [5.74, 6) is 1.14. The zero-order valence-electron chi connectivity index (χ0n) is 13.7. The molecule has 0 saturated carbocycles. The molecule has 2 heterocycles. The molecule has 8 heteroatoms. The largest absolute Gasteiger partial charge is 0.355 e. The normalized spacial score (nSPS) is 25.3. The lowest BCUT2D eigenvalue weighted by Gasteiger charge is -2.16.